The molecule has 0 N–H and O–H groups in total. The van der Waals surface area contributed by atoms with E-state index in [0.717, 1.165) is 25.7 Å². The molecule has 4 atom stereocenters. The molecule has 0 spiro atoms. The molecule has 13 nitrogen and oxygen atoms in total. The van der Waals surface area contributed by atoms with E-state index in [0.29, 0.717) is 0 Å². The maximum atomic E-state index is 11.3. The average Bonchev–Trinajstić information content (AvgIpc) is 3.28. The Balaban J connectivity index is 2.33. The van der Waals surface area contributed by atoms with Crippen LogP contribution in [0, 0.1) is 0 Å². The van der Waals surface area contributed by atoms with E-state index in [-0.39, 0.29) is 39.1 Å². The van der Waals surface area contributed by atoms with Crippen LogP contribution < -0.4 is 0 Å². The molecule has 0 amide bonds. The number of esters is 2. The number of rotatable bonds is 21. The zero-order chi connectivity index (χ0) is 38.8. The molecule has 1 aliphatic carbocycles. The first kappa shape index (κ1) is 47.8. The van der Waals surface area contributed by atoms with E-state index in [1.807, 2.05) is 20.3 Å². The lowest BCUT2D eigenvalue weighted by atomic mass is 10.00. The molecule has 1 heterocycles. The van der Waals surface area contributed by atoms with E-state index in [2.05, 4.69) is 39.3 Å². The average molecular weight is 815 g/mol. The fraction of sp³-hybridized carbons (Fsp3) is 0.943. The van der Waals surface area contributed by atoms with Crippen molar-refractivity contribution in [2.45, 2.75) is 168 Å². The Hall–Kier alpha value is -0.339. The van der Waals surface area contributed by atoms with Crippen molar-refractivity contribution in [3.63, 3.8) is 0 Å². The summed E-state index contributed by atoms with van der Waals surface area (Å²) < 4.78 is 68.9. The number of ether oxygens (including phenoxy) is 6. The quantitative estimate of drug-likeness (QED) is 0.0373. The lowest BCUT2D eigenvalue weighted by Gasteiger charge is -2.40. The van der Waals surface area contributed by atoms with Crippen LogP contribution in [0.5, 0.6) is 0 Å². The first-order chi connectivity index (χ1) is 24.4. The first-order valence-electron chi connectivity index (χ1n) is 19.2. The molecule has 2 aliphatic rings. The fourth-order valence-corrected chi connectivity index (χ4v) is 15.3. The molecule has 0 aromatic rings. The minimum Gasteiger partial charge on any atom is -0.463 e. The van der Waals surface area contributed by atoms with E-state index in [4.69, 9.17) is 50.0 Å². The Morgan fingerprint density at radius 1 is 0.712 bits per heavy atom. The third-order valence-electron chi connectivity index (χ3n) is 8.08. The highest BCUT2D eigenvalue weighted by Gasteiger charge is 2.55. The van der Waals surface area contributed by atoms with E-state index in [1.165, 1.54) is 58.8 Å². The van der Waals surface area contributed by atoms with Crippen molar-refractivity contribution in [3.05, 3.63) is 0 Å². The minimum absolute atomic E-state index is 0.0153. The largest absolute Gasteiger partial charge is 0.658 e. The Labute approximate surface area is 318 Å². The summed E-state index contributed by atoms with van der Waals surface area (Å²) in [6.45, 7) is 20.5. The van der Waals surface area contributed by atoms with Crippen LogP contribution in [0.4, 0.5) is 0 Å². The third kappa shape index (κ3) is 21.1. The summed E-state index contributed by atoms with van der Waals surface area (Å²) >= 11 is 0. The van der Waals surface area contributed by atoms with Crippen LogP contribution in [0.1, 0.15) is 91.4 Å². The van der Waals surface area contributed by atoms with E-state index in [1.54, 1.807) is 0 Å². The Morgan fingerprint density at radius 3 is 1.60 bits per heavy atom. The highest BCUT2D eigenvalue weighted by molar-refractivity contribution is 7.50. The van der Waals surface area contributed by atoms with Crippen molar-refractivity contribution in [1.82, 2.24) is 0 Å². The van der Waals surface area contributed by atoms with Crippen LogP contribution in [0.3, 0.4) is 0 Å². The molecule has 52 heavy (non-hydrogen) atoms. The van der Waals surface area contributed by atoms with Gasteiger partial charge in [-0.15, -0.1) is 0 Å². The van der Waals surface area contributed by atoms with Gasteiger partial charge >= 0.3 is 21.0 Å². The number of carbonyl (C=O) groups excluding carboxylic acids is 2. The molecule has 0 bridgehead atoms. The van der Waals surface area contributed by atoms with Gasteiger partial charge in [0.25, 0.3) is 6.48 Å². The van der Waals surface area contributed by atoms with Crippen molar-refractivity contribution < 1.29 is 59.6 Å². The van der Waals surface area contributed by atoms with Crippen LogP contribution in [0.15, 0.2) is 0 Å². The van der Waals surface area contributed by atoms with Crippen LogP contribution in [-0.4, -0.2) is 121 Å². The highest BCUT2D eigenvalue weighted by Crippen LogP contribution is 2.38. The van der Waals surface area contributed by atoms with E-state index >= 15 is 0 Å². The van der Waals surface area contributed by atoms with Crippen LogP contribution >= 0.6 is 8.15 Å². The zero-order valence-electron chi connectivity index (χ0n) is 34.0. The van der Waals surface area contributed by atoms with Gasteiger partial charge in [0.05, 0.1) is 32.0 Å². The molecule has 0 aromatic heterocycles. The molecule has 17 heteroatoms. The SMILES string of the molecule is CC(=O)OCCOC(OCCOC(C)=O)O[C@@H]1[C@H](OP(C)C)[C@@H](CO[Si](OC2CCCCCCCCCCC2)(O[Si](C)(C)C)O[Si](C)(C)C)O[C@H]1C. The second kappa shape index (κ2) is 24.3. The van der Waals surface area contributed by atoms with E-state index in [9.17, 15) is 9.59 Å². The number of hydrogen-bond donors (Lipinski definition) is 0. The zero-order valence-corrected chi connectivity index (χ0v) is 37.9. The van der Waals surface area contributed by atoms with Gasteiger partial charge in [-0.25, -0.2) is 0 Å². The second-order valence-electron chi connectivity index (χ2n) is 15.8. The third-order valence-corrected chi connectivity index (χ3v) is 16.8. The van der Waals surface area contributed by atoms with Gasteiger partial charge in [0.15, 0.2) is 16.6 Å². The molecular weight excluding hydrogens is 744 g/mol. The summed E-state index contributed by atoms with van der Waals surface area (Å²) in [5.41, 5.74) is 0. The first-order valence-corrected chi connectivity index (χ1v) is 29.9. The lowest BCUT2D eigenvalue weighted by molar-refractivity contribution is -0.315. The molecule has 1 saturated heterocycles. The summed E-state index contributed by atoms with van der Waals surface area (Å²) in [6, 6.07) is 0. The van der Waals surface area contributed by atoms with Gasteiger partial charge in [-0.1, -0.05) is 57.8 Å². The van der Waals surface area contributed by atoms with Gasteiger partial charge in [0.2, 0.25) is 0 Å². The van der Waals surface area contributed by atoms with Gasteiger partial charge in [0.1, 0.15) is 31.5 Å². The van der Waals surface area contributed by atoms with E-state index < -0.39 is 76.7 Å². The lowest BCUT2D eigenvalue weighted by Crippen LogP contribution is -2.61. The van der Waals surface area contributed by atoms with Gasteiger partial charge in [-0.2, -0.15) is 0 Å². The summed E-state index contributed by atoms with van der Waals surface area (Å²) in [7, 11) is -9.00. The van der Waals surface area contributed by atoms with Gasteiger partial charge in [-0.3, -0.25) is 9.59 Å². The maximum absolute atomic E-state index is 11.3. The van der Waals surface area contributed by atoms with Crippen molar-refractivity contribution >= 4 is 45.8 Å². The number of carbonyl (C=O) groups is 2. The molecular formula is C35H71O13PSi3. The van der Waals surface area contributed by atoms with Gasteiger partial charge < -0.3 is 50.0 Å². The summed E-state index contributed by atoms with van der Waals surface area (Å²) in [5, 5.41) is 0. The van der Waals surface area contributed by atoms with Crippen molar-refractivity contribution in [2.24, 2.45) is 0 Å². The Morgan fingerprint density at radius 2 is 1.17 bits per heavy atom. The maximum Gasteiger partial charge on any atom is 0.658 e. The van der Waals surface area contributed by atoms with Crippen molar-refractivity contribution in [2.75, 3.05) is 46.4 Å². The van der Waals surface area contributed by atoms with Crippen LogP contribution in [-0.2, 0) is 59.6 Å². The molecule has 1 saturated carbocycles. The molecule has 2 fully saturated rings. The standard InChI is InChI=1S/C35H71O13PSi3/c1-28-33(44-35(40-25-23-38-29(2)36)41-26-24-39-30(3)37)34(45-49(4)5)32(43-28)27-42-52(47-50(6,7)8,48-51(9,10)11)46-31-21-19-17-15-13-12-14-16-18-20-22-31/h28,31-35H,12-27H2,1-11H3/t28-,32+,33-,34+/m0/s1. The number of hydrogen-bond acceptors (Lipinski definition) is 13. The smallest absolute Gasteiger partial charge is 0.463 e. The highest BCUT2D eigenvalue weighted by atomic mass is 31.1. The molecule has 0 unspecified atom stereocenters. The molecule has 306 valence electrons. The summed E-state index contributed by atoms with van der Waals surface area (Å²) in [6.07, 6.45) is 10.9. The van der Waals surface area contributed by atoms with Crippen LogP contribution in [0.2, 0.25) is 39.3 Å². The summed E-state index contributed by atoms with van der Waals surface area (Å²) in [5.74, 6) is -0.840. The second-order valence-corrected chi connectivity index (χ2v) is 29.3. The van der Waals surface area contributed by atoms with Crippen LogP contribution in [0.25, 0.3) is 0 Å². The Bertz CT molecular complexity index is 964. The molecule has 0 radical (unpaired) electrons. The van der Waals surface area contributed by atoms with Gasteiger partial charge in [-0.05, 0) is 72.4 Å². The monoisotopic (exact) mass is 814 g/mol. The van der Waals surface area contributed by atoms with Gasteiger partial charge in [0, 0.05) is 22.0 Å². The predicted octanol–water partition coefficient (Wildman–Crippen LogP) is 7.49. The molecule has 2 rings (SSSR count). The molecule has 0 aromatic carbocycles. The van der Waals surface area contributed by atoms with Crippen molar-refractivity contribution in [3.8, 4) is 0 Å². The normalized spacial score (nSPS) is 23.4. The predicted molar refractivity (Wildman–Crippen MR) is 208 cm³/mol. The fourth-order valence-electron chi connectivity index (χ4n) is 6.06. The molecule has 1 aliphatic heterocycles. The topological polar surface area (TPSA) is 136 Å². The summed E-state index contributed by atoms with van der Waals surface area (Å²) in [4.78, 5) is 22.6. The Kier molecular flexibility index (Phi) is 22.4. The minimum atomic E-state index is -3.70. The van der Waals surface area contributed by atoms with Crippen molar-refractivity contribution in [1.29, 1.82) is 0 Å².